The third-order valence-electron chi connectivity index (χ3n) is 7.10. The summed E-state index contributed by atoms with van der Waals surface area (Å²) in [7, 11) is 0. The van der Waals surface area contributed by atoms with E-state index >= 15 is 0 Å². The van der Waals surface area contributed by atoms with Crippen molar-refractivity contribution in [2.24, 2.45) is 0 Å². The van der Waals surface area contributed by atoms with Crippen molar-refractivity contribution in [3.8, 4) is 5.95 Å². The number of H-pyrrole nitrogens is 1. The molecule has 0 aliphatic heterocycles. The van der Waals surface area contributed by atoms with Gasteiger partial charge >= 0.3 is 11.8 Å². The number of nitrogens with one attached hydrogen (secondary N) is 3. The molecule has 4 rings (SSSR count). The van der Waals surface area contributed by atoms with Crippen molar-refractivity contribution in [3.63, 3.8) is 0 Å². The molecular weight excluding hydrogens is 444 g/mol. The lowest BCUT2D eigenvalue weighted by molar-refractivity contribution is -0.136. The van der Waals surface area contributed by atoms with Crippen LogP contribution in [0.1, 0.15) is 100 Å². The first-order chi connectivity index (χ1) is 17.0. The molecule has 0 saturated heterocycles. The minimum absolute atomic E-state index is 0.0120. The predicted molar refractivity (Wildman–Crippen MR) is 135 cm³/mol. The second kappa shape index (κ2) is 12.1. The lowest BCUT2D eigenvalue weighted by Gasteiger charge is -2.19. The second-order valence-electron chi connectivity index (χ2n) is 9.99. The smallest absolute Gasteiger partial charge is 0.314 e. The van der Waals surface area contributed by atoms with Crippen LogP contribution in [0.15, 0.2) is 10.9 Å². The highest BCUT2D eigenvalue weighted by atomic mass is 16.2. The van der Waals surface area contributed by atoms with E-state index in [0.717, 1.165) is 62.6 Å². The van der Waals surface area contributed by atoms with Crippen LogP contribution in [0.25, 0.3) is 5.95 Å². The van der Waals surface area contributed by atoms with Gasteiger partial charge in [-0.3, -0.25) is 19.4 Å². The maximum absolute atomic E-state index is 12.8. The van der Waals surface area contributed by atoms with Crippen molar-refractivity contribution in [3.05, 3.63) is 33.4 Å². The topological polar surface area (TPSA) is 122 Å². The molecular formula is C26H38N6O3. The van der Waals surface area contributed by atoms with Crippen LogP contribution >= 0.6 is 0 Å². The second-order valence-corrected chi connectivity index (χ2v) is 9.99. The number of aromatic nitrogens is 4. The number of hydrogen-bond acceptors (Lipinski definition) is 5. The number of aromatic amines is 1. The molecule has 2 aliphatic carbocycles. The van der Waals surface area contributed by atoms with Crippen LogP contribution in [0.5, 0.6) is 0 Å². The van der Waals surface area contributed by atoms with Gasteiger partial charge in [-0.25, -0.2) is 4.98 Å². The average Bonchev–Trinajstić information content (AvgIpc) is 3.20. The Bertz CT molecular complexity index is 1080. The lowest BCUT2D eigenvalue weighted by Crippen LogP contribution is -2.42. The first-order valence-corrected chi connectivity index (χ1v) is 13.3. The van der Waals surface area contributed by atoms with E-state index in [1.807, 2.05) is 0 Å². The number of amides is 2. The first kappa shape index (κ1) is 25.1. The van der Waals surface area contributed by atoms with Crippen LogP contribution in [0, 0.1) is 6.92 Å². The van der Waals surface area contributed by atoms with Gasteiger partial charge < -0.3 is 10.6 Å². The van der Waals surface area contributed by atoms with E-state index in [2.05, 4.69) is 25.7 Å². The number of anilines is 1. The number of fused-ring (bicyclic) bond motifs is 1. The number of aryl methyl sites for hydroxylation is 2. The molecule has 9 heteroatoms. The average molecular weight is 483 g/mol. The molecule has 35 heavy (non-hydrogen) atoms. The molecule has 0 spiro atoms. The van der Waals surface area contributed by atoms with Gasteiger partial charge in [0.1, 0.15) is 5.82 Å². The Kier molecular flexibility index (Phi) is 8.71. The third kappa shape index (κ3) is 6.80. The molecule has 1 saturated carbocycles. The van der Waals surface area contributed by atoms with Gasteiger partial charge in [0.05, 0.1) is 11.4 Å². The Morgan fingerprint density at radius 2 is 1.54 bits per heavy atom. The number of carbonyl (C=O) groups excluding carboxylic acids is 2. The zero-order valence-corrected chi connectivity index (χ0v) is 20.8. The van der Waals surface area contributed by atoms with Gasteiger partial charge in [-0.1, -0.05) is 57.8 Å². The largest absolute Gasteiger partial charge is 0.345 e. The summed E-state index contributed by atoms with van der Waals surface area (Å²) >= 11 is 0. The molecule has 1 fully saturated rings. The quantitative estimate of drug-likeness (QED) is 0.573. The van der Waals surface area contributed by atoms with Crippen LogP contribution in [-0.4, -0.2) is 37.6 Å². The van der Waals surface area contributed by atoms with Gasteiger partial charge in [-0.2, -0.15) is 9.78 Å². The molecule has 2 amide bonds. The zero-order valence-electron chi connectivity index (χ0n) is 20.8. The van der Waals surface area contributed by atoms with Crippen LogP contribution in [0.4, 0.5) is 5.82 Å². The minimum atomic E-state index is -0.738. The van der Waals surface area contributed by atoms with Crippen LogP contribution in [0.3, 0.4) is 0 Å². The van der Waals surface area contributed by atoms with Crippen molar-refractivity contribution in [2.75, 3.05) is 5.32 Å². The molecule has 3 N–H and O–H groups in total. The minimum Gasteiger partial charge on any atom is -0.345 e. The van der Waals surface area contributed by atoms with Crippen molar-refractivity contribution >= 4 is 17.6 Å². The van der Waals surface area contributed by atoms with Crippen molar-refractivity contribution < 1.29 is 9.59 Å². The first-order valence-electron chi connectivity index (χ1n) is 13.3. The van der Waals surface area contributed by atoms with Gasteiger partial charge in [0.2, 0.25) is 5.95 Å². The SMILES string of the molecule is Cc1cc(NC(=O)C(=O)NC2CCCCCCCCCCC2)n(-c2nc3c(c(=O)[nH]2)CCCC3)n1. The van der Waals surface area contributed by atoms with Crippen molar-refractivity contribution in [2.45, 2.75) is 109 Å². The fourth-order valence-corrected chi connectivity index (χ4v) is 5.17. The summed E-state index contributed by atoms with van der Waals surface area (Å²) in [6.07, 6.45) is 16.1. The normalized spacial score (nSPS) is 18.1. The van der Waals surface area contributed by atoms with E-state index in [0.29, 0.717) is 11.5 Å². The summed E-state index contributed by atoms with van der Waals surface area (Å²) in [5, 5.41) is 10.0. The summed E-state index contributed by atoms with van der Waals surface area (Å²) in [5.74, 6) is -0.823. The van der Waals surface area contributed by atoms with E-state index < -0.39 is 11.8 Å². The molecule has 2 aromatic rings. The maximum atomic E-state index is 12.8. The standard InChI is InChI=1S/C26H38N6O3/c1-18-17-22(32(31-18)26-28-21-16-12-11-15-20(21)23(33)30-26)29-25(35)24(34)27-19-13-9-7-5-3-2-4-6-8-10-14-19/h17,19H,2-16H2,1H3,(H,27,34)(H,29,35)(H,28,30,33). The zero-order chi connectivity index (χ0) is 24.6. The van der Waals surface area contributed by atoms with Crippen molar-refractivity contribution in [1.82, 2.24) is 25.1 Å². The molecule has 0 bridgehead atoms. The molecule has 0 atom stereocenters. The maximum Gasteiger partial charge on any atom is 0.314 e. The van der Waals surface area contributed by atoms with Crippen LogP contribution in [-0.2, 0) is 22.4 Å². The molecule has 2 aromatic heterocycles. The number of hydrogen-bond donors (Lipinski definition) is 3. The highest BCUT2D eigenvalue weighted by molar-refractivity contribution is 6.39. The van der Waals surface area contributed by atoms with E-state index in [1.54, 1.807) is 13.0 Å². The number of carbonyl (C=O) groups is 2. The fraction of sp³-hybridized carbons (Fsp3) is 0.654. The predicted octanol–water partition coefficient (Wildman–Crippen LogP) is 3.87. The summed E-state index contributed by atoms with van der Waals surface area (Å²) < 4.78 is 1.40. The van der Waals surface area contributed by atoms with E-state index in [-0.39, 0.29) is 17.5 Å². The highest BCUT2D eigenvalue weighted by Gasteiger charge is 2.22. The monoisotopic (exact) mass is 482 g/mol. The van der Waals surface area contributed by atoms with Gasteiger partial charge in [0.15, 0.2) is 0 Å². The summed E-state index contributed by atoms with van der Waals surface area (Å²) in [4.78, 5) is 45.5. The van der Waals surface area contributed by atoms with Gasteiger partial charge in [-0.15, -0.1) is 0 Å². The molecule has 190 valence electrons. The summed E-state index contributed by atoms with van der Waals surface area (Å²) in [6, 6.07) is 1.68. The number of rotatable bonds is 3. The molecule has 0 aromatic carbocycles. The highest BCUT2D eigenvalue weighted by Crippen LogP contribution is 2.20. The Labute approximate surface area is 206 Å². The third-order valence-corrected chi connectivity index (χ3v) is 7.10. The van der Waals surface area contributed by atoms with Crippen LogP contribution < -0.4 is 16.2 Å². The molecule has 2 aliphatic rings. The molecule has 0 unspecified atom stereocenters. The van der Waals surface area contributed by atoms with Gasteiger partial charge in [0, 0.05) is 17.7 Å². The lowest BCUT2D eigenvalue weighted by atomic mass is 9.97. The Morgan fingerprint density at radius 1 is 0.914 bits per heavy atom. The Balaban J connectivity index is 1.43. The van der Waals surface area contributed by atoms with E-state index in [9.17, 15) is 14.4 Å². The van der Waals surface area contributed by atoms with Crippen molar-refractivity contribution in [1.29, 1.82) is 0 Å². The van der Waals surface area contributed by atoms with E-state index in [4.69, 9.17) is 0 Å². The Hall–Kier alpha value is -2.97. The molecule has 2 heterocycles. The van der Waals surface area contributed by atoms with E-state index in [1.165, 1.54) is 49.6 Å². The van der Waals surface area contributed by atoms with Gasteiger partial charge in [-0.05, 0) is 45.4 Å². The molecule has 9 nitrogen and oxygen atoms in total. The Morgan fingerprint density at radius 3 is 2.23 bits per heavy atom. The summed E-state index contributed by atoms with van der Waals surface area (Å²) in [6.45, 7) is 1.79. The number of nitrogens with zero attached hydrogens (tertiary/aromatic N) is 3. The summed E-state index contributed by atoms with van der Waals surface area (Å²) in [5.41, 5.74) is 1.97. The van der Waals surface area contributed by atoms with Gasteiger partial charge in [0.25, 0.3) is 5.56 Å². The molecule has 0 radical (unpaired) electrons. The fourth-order valence-electron chi connectivity index (χ4n) is 5.17. The van der Waals surface area contributed by atoms with Crippen LogP contribution in [0.2, 0.25) is 0 Å².